The largest absolute Gasteiger partial charge is 0.491 e. The molecular weight excluding hydrogens is 224 g/mol. The van der Waals surface area contributed by atoms with Crippen LogP contribution < -0.4 is 10.5 Å². The van der Waals surface area contributed by atoms with Crippen LogP contribution in [0.1, 0.15) is 38.3 Å². The van der Waals surface area contributed by atoms with Crippen molar-refractivity contribution in [3.05, 3.63) is 29.8 Å². The van der Waals surface area contributed by atoms with Crippen LogP contribution in [0.15, 0.2) is 24.3 Å². The van der Waals surface area contributed by atoms with E-state index < -0.39 is 0 Å². The van der Waals surface area contributed by atoms with Gasteiger partial charge in [-0.2, -0.15) is 0 Å². The summed E-state index contributed by atoms with van der Waals surface area (Å²) in [5, 5.41) is 0. The van der Waals surface area contributed by atoms with Gasteiger partial charge < -0.3 is 10.5 Å². The van der Waals surface area contributed by atoms with E-state index in [-0.39, 0.29) is 6.10 Å². The Morgan fingerprint density at radius 1 is 1.17 bits per heavy atom. The van der Waals surface area contributed by atoms with Crippen molar-refractivity contribution >= 4 is 0 Å². The molecule has 1 heterocycles. The first-order valence-corrected chi connectivity index (χ1v) is 6.91. The zero-order chi connectivity index (χ0) is 13.0. The minimum absolute atomic E-state index is 0.222. The molecule has 0 radical (unpaired) electrons. The minimum atomic E-state index is 0.222. The van der Waals surface area contributed by atoms with Crippen LogP contribution in [0.25, 0.3) is 0 Å². The van der Waals surface area contributed by atoms with Gasteiger partial charge in [0.25, 0.3) is 0 Å². The lowest BCUT2D eigenvalue weighted by molar-refractivity contribution is 0.240. The summed E-state index contributed by atoms with van der Waals surface area (Å²) in [6.45, 7) is 7.12. The summed E-state index contributed by atoms with van der Waals surface area (Å²) < 4.78 is 5.66. The molecule has 100 valence electrons. The van der Waals surface area contributed by atoms with Gasteiger partial charge in [-0.05, 0) is 57.5 Å². The zero-order valence-electron chi connectivity index (χ0n) is 11.4. The van der Waals surface area contributed by atoms with Crippen molar-refractivity contribution in [1.82, 2.24) is 4.90 Å². The highest BCUT2D eigenvalue weighted by atomic mass is 16.5. The van der Waals surface area contributed by atoms with E-state index in [2.05, 4.69) is 17.0 Å². The Kier molecular flexibility index (Phi) is 4.61. The van der Waals surface area contributed by atoms with E-state index in [4.69, 9.17) is 10.5 Å². The first-order valence-electron chi connectivity index (χ1n) is 6.91. The molecule has 3 heteroatoms. The van der Waals surface area contributed by atoms with E-state index in [1.807, 2.05) is 26.0 Å². The molecule has 0 saturated carbocycles. The Hall–Kier alpha value is -1.06. The van der Waals surface area contributed by atoms with Crippen molar-refractivity contribution < 1.29 is 4.74 Å². The molecule has 0 aromatic heterocycles. The van der Waals surface area contributed by atoms with Crippen LogP contribution in [0.4, 0.5) is 0 Å². The highest BCUT2D eigenvalue weighted by molar-refractivity contribution is 5.29. The quantitative estimate of drug-likeness (QED) is 0.870. The molecule has 2 N–H and O–H groups in total. The Morgan fingerprint density at radius 2 is 1.78 bits per heavy atom. The molecule has 1 aliphatic rings. The van der Waals surface area contributed by atoms with E-state index in [9.17, 15) is 0 Å². The van der Waals surface area contributed by atoms with Crippen LogP contribution in [0.2, 0.25) is 0 Å². The molecule has 1 fully saturated rings. The second-order valence-corrected chi connectivity index (χ2v) is 5.23. The maximum Gasteiger partial charge on any atom is 0.119 e. The second-order valence-electron chi connectivity index (χ2n) is 5.23. The third-order valence-corrected chi connectivity index (χ3v) is 3.44. The number of benzene rings is 1. The lowest BCUT2D eigenvalue weighted by Crippen LogP contribution is -2.31. The Balaban J connectivity index is 2.06. The average Bonchev–Trinajstić information content (AvgIpc) is 2.85. The number of ether oxygens (including phenoxy) is 1. The maximum atomic E-state index is 5.93. The molecule has 1 aromatic rings. The van der Waals surface area contributed by atoms with Crippen LogP contribution in [-0.4, -0.2) is 30.6 Å². The van der Waals surface area contributed by atoms with E-state index in [1.165, 1.54) is 31.5 Å². The van der Waals surface area contributed by atoms with Gasteiger partial charge in [0, 0.05) is 12.6 Å². The first-order chi connectivity index (χ1) is 8.70. The fraction of sp³-hybridized carbons (Fsp3) is 0.600. The lowest BCUT2D eigenvalue weighted by Gasteiger charge is -2.26. The van der Waals surface area contributed by atoms with Crippen LogP contribution >= 0.6 is 0 Å². The van der Waals surface area contributed by atoms with Crippen molar-refractivity contribution in [1.29, 1.82) is 0 Å². The zero-order valence-corrected chi connectivity index (χ0v) is 11.4. The summed E-state index contributed by atoms with van der Waals surface area (Å²) in [7, 11) is 0. The van der Waals surface area contributed by atoms with Crippen LogP contribution in [-0.2, 0) is 0 Å². The van der Waals surface area contributed by atoms with Crippen LogP contribution in [0.3, 0.4) is 0 Å². The predicted molar refractivity (Wildman–Crippen MR) is 74.8 cm³/mol. The van der Waals surface area contributed by atoms with Crippen LogP contribution in [0.5, 0.6) is 5.75 Å². The van der Waals surface area contributed by atoms with Gasteiger partial charge in [-0.15, -0.1) is 0 Å². The first kappa shape index (κ1) is 13.4. The summed E-state index contributed by atoms with van der Waals surface area (Å²) in [6, 6.07) is 8.75. The molecule has 1 aromatic carbocycles. The van der Waals surface area contributed by atoms with E-state index in [1.54, 1.807) is 0 Å². The molecule has 2 rings (SSSR count). The molecule has 1 atom stereocenters. The van der Waals surface area contributed by atoms with Gasteiger partial charge in [0.1, 0.15) is 5.75 Å². The van der Waals surface area contributed by atoms with Gasteiger partial charge in [0.2, 0.25) is 0 Å². The van der Waals surface area contributed by atoms with Crippen molar-refractivity contribution in [2.24, 2.45) is 5.73 Å². The number of likely N-dealkylation sites (tertiary alicyclic amines) is 1. The standard InChI is InChI=1S/C15H24N2O/c1-12(2)18-14-7-5-13(6-8-14)15(11-16)17-9-3-4-10-17/h5-8,12,15H,3-4,9-11,16H2,1-2H3. The smallest absolute Gasteiger partial charge is 0.119 e. The topological polar surface area (TPSA) is 38.5 Å². The van der Waals surface area contributed by atoms with Gasteiger partial charge in [-0.1, -0.05) is 12.1 Å². The molecule has 1 unspecified atom stereocenters. The van der Waals surface area contributed by atoms with E-state index >= 15 is 0 Å². The lowest BCUT2D eigenvalue weighted by atomic mass is 10.1. The van der Waals surface area contributed by atoms with Crippen molar-refractivity contribution in [3.8, 4) is 5.75 Å². The molecule has 0 bridgehead atoms. The average molecular weight is 248 g/mol. The third-order valence-electron chi connectivity index (χ3n) is 3.44. The molecule has 3 nitrogen and oxygen atoms in total. The number of rotatable bonds is 5. The Bertz CT molecular complexity index is 355. The number of nitrogens with two attached hydrogens (primary N) is 1. The molecule has 1 aliphatic heterocycles. The highest BCUT2D eigenvalue weighted by Gasteiger charge is 2.21. The molecule has 0 amide bonds. The highest BCUT2D eigenvalue weighted by Crippen LogP contribution is 2.25. The van der Waals surface area contributed by atoms with Gasteiger partial charge in [0.05, 0.1) is 6.10 Å². The molecule has 1 saturated heterocycles. The van der Waals surface area contributed by atoms with E-state index in [0.29, 0.717) is 12.6 Å². The normalized spacial score (nSPS) is 18.2. The summed E-state index contributed by atoms with van der Waals surface area (Å²) in [4.78, 5) is 2.48. The SMILES string of the molecule is CC(C)Oc1ccc(C(CN)N2CCCC2)cc1. The van der Waals surface area contributed by atoms with E-state index in [0.717, 1.165) is 5.75 Å². The third kappa shape index (κ3) is 3.24. The Labute approximate surface area is 110 Å². The van der Waals surface area contributed by atoms with Crippen molar-refractivity contribution in [3.63, 3.8) is 0 Å². The monoisotopic (exact) mass is 248 g/mol. The summed E-state index contributed by atoms with van der Waals surface area (Å²) in [6.07, 6.45) is 2.82. The molecule has 18 heavy (non-hydrogen) atoms. The summed E-state index contributed by atoms with van der Waals surface area (Å²) in [5.41, 5.74) is 7.23. The van der Waals surface area contributed by atoms with Gasteiger partial charge >= 0.3 is 0 Å². The van der Waals surface area contributed by atoms with Gasteiger partial charge in [-0.25, -0.2) is 0 Å². The maximum absolute atomic E-state index is 5.93. The summed E-state index contributed by atoms with van der Waals surface area (Å²) >= 11 is 0. The second kappa shape index (κ2) is 6.21. The minimum Gasteiger partial charge on any atom is -0.491 e. The number of hydrogen-bond acceptors (Lipinski definition) is 3. The van der Waals surface area contributed by atoms with Gasteiger partial charge in [-0.3, -0.25) is 4.90 Å². The Morgan fingerprint density at radius 3 is 2.28 bits per heavy atom. The van der Waals surface area contributed by atoms with Gasteiger partial charge in [0.15, 0.2) is 0 Å². The molecular formula is C15H24N2O. The predicted octanol–water partition coefficient (Wildman–Crippen LogP) is 2.57. The van der Waals surface area contributed by atoms with Crippen molar-refractivity contribution in [2.75, 3.05) is 19.6 Å². The molecule has 0 aliphatic carbocycles. The fourth-order valence-corrected chi connectivity index (χ4v) is 2.59. The summed E-state index contributed by atoms with van der Waals surface area (Å²) in [5.74, 6) is 0.936. The van der Waals surface area contributed by atoms with Crippen molar-refractivity contribution in [2.45, 2.75) is 38.8 Å². The number of nitrogens with zero attached hydrogens (tertiary/aromatic N) is 1. The van der Waals surface area contributed by atoms with Crippen LogP contribution in [0, 0.1) is 0 Å². The molecule has 0 spiro atoms. The number of hydrogen-bond donors (Lipinski definition) is 1. The fourth-order valence-electron chi connectivity index (χ4n) is 2.59.